The highest BCUT2D eigenvalue weighted by atomic mass is 127. The van der Waals surface area contributed by atoms with Gasteiger partial charge < -0.3 is 10.6 Å². The maximum atomic E-state index is 11.3. The Morgan fingerprint density at radius 3 is 2.45 bits per heavy atom. The second-order valence-electron chi connectivity index (χ2n) is 5.32. The molecule has 2 rings (SSSR count). The Morgan fingerprint density at radius 2 is 1.90 bits per heavy atom. The first kappa shape index (κ1) is 18.0. The zero-order valence-electron chi connectivity index (χ0n) is 12.0. The van der Waals surface area contributed by atoms with Gasteiger partial charge in [-0.3, -0.25) is 9.89 Å². The number of nitrogens with one attached hydrogen (secondary N) is 2. The fourth-order valence-electron chi connectivity index (χ4n) is 2.09. The van der Waals surface area contributed by atoms with Crippen molar-refractivity contribution >= 4 is 39.8 Å². The van der Waals surface area contributed by atoms with Gasteiger partial charge in [0.05, 0.1) is 11.5 Å². The van der Waals surface area contributed by atoms with Crippen LogP contribution < -0.4 is 10.6 Å². The monoisotopic (exact) mass is 416 g/mol. The van der Waals surface area contributed by atoms with Crippen molar-refractivity contribution in [3.8, 4) is 0 Å². The van der Waals surface area contributed by atoms with Gasteiger partial charge in [0.1, 0.15) is 0 Å². The van der Waals surface area contributed by atoms with Crippen molar-refractivity contribution in [2.45, 2.75) is 12.8 Å². The van der Waals surface area contributed by atoms with E-state index in [0.29, 0.717) is 24.6 Å². The summed E-state index contributed by atoms with van der Waals surface area (Å²) in [6, 6.07) is 0. The van der Waals surface area contributed by atoms with Crippen molar-refractivity contribution in [3.05, 3.63) is 0 Å². The number of hydrogen-bond acceptors (Lipinski definition) is 4. The SMILES string of the molecule is CN=C(NCCN1CCS(=O)(=O)CC1)NCC1CC1.I. The molecule has 2 aliphatic rings. The van der Waals surface area contributed by atoms with E-state index in [2.05, 4.69) is 20.5 Å². The molecule has 6 nitrogen and oxygen atoms in total. The molecule has 118 valence electrons. The fourth-order valence-corrected chi connectivity index (χ4v) is 3.37. The van der Waals surface area contributed by atoms with Gasteiger partial charge in [-0.15, -0.1) is 24.0 Å². The minimum absolute atomic E-state index is 0. The first-order chi connectivity index (χ1) is 9.09. The van der Waals surface area contributed by atoms with Crippen LogP contribution in [0.15, 0.2) is 4.99 Å². The number of nitrogens with zero attached hydrogens (tertiary/aromatic N) is 2. The molecule has 0 spiro atoms. The zero-order chi connectivity index (χ0) is 13.7. The number of aliphatic imine (C=N–C) groups is 1. The molecule has 1 saturated carbocycles. The zero-order valence-corrected chi connectivity index (χ0v) is 15.1. The van der Waals surface area contributed by atoms with E-state index in [-0.39, 0.29) is 24.0 Å². The van der Waals surface area contributed by atoms with E-state index in [4.69, 9.17) is 0 Å². The van der Waals surface area contributed by atoms with E-state index in [1.54, 1.807) is 7.05 Å². The lowest BCUT2D eigenvalue weighted by Crippen LogP contribution is -2.46. The smallest absolute Gasteiger partial charge is 0.191 e. The van der Waals surface area contributed by atoms with Gasteiger partial charge in [0, 0.05) is 39.8 Å². The Balaban J connectivity index is 0.00000200. The van der Waals surface area contributed by atoms with Crippen LogP contribution in [0.1, 0.15) is 12.8 Å². The molecule has 8 heteroatoms. The van der Waals surface area contributed by atoms with Crippen LogP contribution in [0.2, 0.25) is 0 Å². The predicted octanol–water partition coefficient (Wildman–Crippen LogP) is -0.0902. The van der Waals surface area contributed by atoms with Gasteiger partial charge in [-0.2, -0.15) is 0 Å². The molecule has 2 fully saturated rings. The van der Waals surface area contributed by atoms with Crippen LogP contribution in [0, 0.1) is 5.92 Å². The molecular formula is C12H25IN4O2S. The van der Waals surface area contributed by atoms with Crippen molar-refractivity contribution in [2.24, 2.45) is 10.9 Å². The van der Waals surface area contributed by atoms with Crippen LogP contribution in [0.25, 0.3) is 0 Å². The predicted molar refractivity (Wildman–Crippen MR) is 92.6 cm³/mol. The summed E-state index contributed by atoms with van der Waals surface area (Å²) < 4.78 is 22.6. The standard InChI is InChI=1S/C12H24N4O2S.HI/c1-13-12(15-10-11-2-3-11)14-4-5-16-6-8-19(17,18)9-7-16;/h11H,2-10H2,1H3,(H2,13,14,15);1H. The highest BCUT2D eigenvalue weighted by Crippen LogP contribution is 2.27. The van der Waals surface area contributed by atoms with Crippen LogP contribution in [-0.4, -0.2) is 70.6 Å². The van der Waals surface area contributed by atoms with Crippen molar-refractivity contribution < 1.29 is 8.42 Å². The summed E-state index contributed by atoms with van der Waals surface area (Å²) in [5.74, 6) is 2.26. The molecule has 0 aromatic rings. The normalized spacial score (nSPS) is 22.9. The lowest BCUT2D eigenvalue weighted by molar-refractivity contribution is 0.299. The minimum atomic E-state index is -2.77. The summed E-state index contributed by atoms with van der Waals surface area (Å²) in [5.41, 5.74) is 0. The van der Waals surface area contributed by atoms with Crippen molar-refractivity contribution in [2.75, 3.05) is 51.3 Å². The Hall–Kier alpha value is -0.0900. The van der Waals surface area contributed by atoms with E-state index in [0.717, 1.165) is 31.5 Å². The molecule has 0 radical (unpaired) electrons. The molecule has 1 saturated heterocycles. The molecule has 2 N–H and O–H groups in total. The summed E-state index contributed by atoms with van der Waals surface area (Å²) in [5, 5.41) is 6.58. The summed E-state index contributed by atoms with van der Waals surface area (Å²) in [6.45, 7) is 3.96. The van der Waals surface area contributed by atoms with E-state index < -0.39 is 9.84 Å². The fraction of sp³-hybridized carbons (Fsp3) is 0.917. The number of guanidine groups is 1. The lowest BCUT2D eigenvalue weighted by Gasteiger charge is -2.26. The van der Waals surface area contributed by atoms with E-state index in [9.17, 15) is 8.42 Å². The molecule has 0 atom stereocenters. The summed E-state index contributed by atoms with van der Waals surface area (Å²) in [4.78, 5) is 6.36. The van der Waals surface area contributed by atoms with E-state index >= 15 is 0 Å². The summed E-state index contributed by atoms with van der Waals surface area (Å²) in [7, 11) is -0.998. The van der Waals surface area contributed by atoms with Crippen LogP contribution in [0.5, 0.6) is 0 Å². The Bertz CT molecular complexity index is 409. The Kier molecular flexibility index (Phi) is 7.52. The molecule has 1 aliphatic heterocycles. The number of sulfone groups is 1. The Labute approximate surface area is 138 Å². The molecule has 0 aromatic heterocycles. The van der Waals surface area contributed by atoms with Crippen LogP contribution in [0.4, 0.5) is 0 Å². The molecule has 20 heavy (non-hydrogen) atoms. The van der Waals surface area contributed by atoms with Gasteiger partial charge in [0.2, 0.25) is 0 Å². The van der Waals surface area contributed by atoms with Gasteiger partial charge in [0.25, 0.3) is 0 Å². The molecular weight excluding hydrogens is 391 g/mol. The number of hydrogen-bond donors (Lipinski definition) is 2. The highest BCUT2D eigenvalue weighted by Gasteiger charge is 2.22. The van der Waals surface area contributed by atoms with Gasteiger partial charge in [0.15, 0.2) is 15.8 Å². The molecule has 0 bridgehead atoms. The average molecular weight is 416 g/mol. The minimum Gasteiger partial charge on any atom is -0.356 e. The Morgan fingerprint density at radius 1 is 1.25 bits per heavy atom. The number of rotatable bonds is 5. The van der Waals surface area contributed by atoms with E-state index in [1.165, 1.54) is 12.8 Å². The number of halogens is 1. The first-order valence-corrected chi connectivity index (χ1v) is 8.78. The second-order valence-corrected chi connectivity index (χ2v) is 7.62. The average Bonchev–Trinajstić information content (AvgIpc) is 3.19. The van der Waals surface area contributed by atoms with Crippen molar-refractivity contribution in [3.63, 3.8) is 0 Å². The van der Waals surface area contributed by atoms with Gasteiger partial charge in [-0.1, -0.05) is 0 Å². The lowest BCUT2D eigenvalue weighted by atomic mass is 10.4. The molecule has 0 amide bonds. The molecule has 0 unspecified atom stereocenters. The molecule has 1 aliphatic carbocycles. The maximum absolute atomic E-state index is 11.3. The summed E-state index contributed by atoms with van der Waals surface area (Å²) >= 11 is 0. The molecule has 0 aromatic carbocycles. The largest absolute Gasteiger partial charge is 0.356 e. The maximum Gasteiger partial charge on any atom is 0.191 e. The van der Waals surface area contributed by atoms with Gasteiger partial charge >= 0.3 is 0 Å². The van der Waals surface area contributed by atoms with Crippen LogP contribution >= 0.6 is 24.0 Å². The van der Waals surface area contributed by atoms with Crippen molar-refractivity contribution in [1.29, 1.82) is 0 Å². The van der Waals surface area contributed by atoms with E-state index in [1.807, 2.05) is 0 Å². The van der Waals surface area contributed by atoms with Crippen LogP contribution in [0.3, 0.4) is 0 Å². The van der Waals surface area contributed by atoms with Crippen LogP contribution in [-0.2, 0) is 9.84 Å². The topological polar surface area (TPSA) is 73.8 Å². The molecule has 1 heterocycles. The second kappa shape index (κ2) is 8.38. The van der Waals surface area contributed by atoms with Gasteiger partial charge in [-0.25, -0.2) is 8.42 Å². The first-order valence-electron chi connectivity index (χ1n) is 6.96. The van der Waals surface area contributed by atoms with Crippen molar-refractivity contribution in [1.82, 2.24) is 15.5 Å². The highest BCUT2D eigenvalue weighted by molar-refractivity contribution is 14.0. The quantitative estimate of drug-likeness (QED) is 0.373. The third-order valence-electron chi connectivity index (χ3n) is 3.64. The van der Waals surface area contributed by atoms with Gasteiger partial charge in [-0.05, 0) is 18.8 Å². The third-order valence-corrected chi connectivity index (χ3v) is 5.25. The third kappa shape index (κ3) is 6.57. The summed E-state index contributed by atoms with van der Waals surface area (Å²) in [6.07, 6.45) is 2.65.